The predicted molar refractivity (Wildman–Crippen MR) is 71.8 cm³/mol. The van der Waals surface area contributed by atoms with E-state index in [-0.39, 0.29) is 11.1 Å². The molecule has 0 aromatic carbocycles. The largest absolute Gasteiger partial charge is 0.313 e. The van der Waals surface area contributed by atoms with Gasteiger partial charge in [0, 0.05) is 23.7 Å². The van der Waals surface area contributed by atoms with Crippen molar-refractivity contribution in [2.75, 3.05) is 6.54 Å². The second-order valence-electron chi connectivity index (χ2n) is 7.94. The van der Waals surface area contributed by atoms with Gasteiger partial charge >= 0.3 is 0 Å². The topological polar surface area (TPSA) is 24.1 Å². The molecule has 16 heavy (non-hydrogen) atoms. The summed E-state index contributed by atoms with van der Waals surface area (Å²) < 4.78 is 0. The lowest BCUT2D eigenvalue weighted by Crippen LogP contribution is -2.62. The molecule has 0 aromatic heterocycles. The van der Waals surface area contributed by atoms with Crippen LogP contribution in [0.2, 0.25) is 0 Å². The lowest BCUT2D eigenvalue weighted by atomic mass is 9.79. The molecule has 2 nitrogen and oxygen atoms in total. The molecule has 1 fully saturated rings. The fourth-order valence-electron chi connectivity index (χ4n) is 2.92. The Bertz CT molecular complexity index is 220. The van der Waals surface area contributed by atoms with E-state index >= 15 is 0 Å². The van der Waals surface area contributed by atoms with Gasteiger partial charge in [-0.2, -0.15) is 0 Å². The lowest BCUT2D eigenvalue weighted by molar-refractivity contribution is 0.140. The van der Waals surface area contributed by atoms with E-state index in [0.29, 0.717) is 11.5 Å². The number of nitrogens with one attached hydrogen (secondary N) is 2. The van der Waals surface area contributed by atoms with Crippen LogP contribution in [0.4, 0.5) is 0 Å². The average molecular weight is 226 g/mol. The van der Waals surface area contributed by atoms with Gasteiger partial charge in [-0.15, -0.1) is 0 Å². The van der Waals surface area contributed by atoms with Crippen molar-refractivity contribution in [3.05, 3.63) is 0 Å². The molecule has 1 heterocycles. The first-order valence-corrected chi connectivity index (χ1v) is 6.52. The summed E-state index contributed by atoms with van der Waals surface area (Å²) >= 11 is 0. The Labute approximate surface area is 102 Å². The van der Waals surface area contributed by atoms with E-state index in [1.807, 2.05) is 0 Å². The van der Waals surface area contributed by atoms with E-state index in [9.17, 15) is 0 Å². The Balaban J connectivity index is 2.55. The Kier molecular flexibility index (Phi) is 3.76. The second-order valence-corrected chi connectivity index (χ2v) is 7.94. The van der Waals surface area contributed by atoms with Crippen molar-refractivity contribution in [1.29, 1.82) is 0 Å². The standard InChI is InChI=1S/C14H30N2/c1-12(2,3)10-15-11-8-13(4,5)16-14(6,7)9-11/h11,15-16H,8-10H2,1-7H3. The summed E-state index contributed by atoms with van der Waals surface area (Å²) in [4.78, 5) is 0. The summed E-state index contributed by atoms with van der Waals surface area (Å²) in [5.74, 6) is 0. The molecule has 0 aliphatic carbocycles. The summed E-state index contributed by atoms with van der Waals surface area (Å²) in [5, 5.41) is 7.45. The summed E-state index contributed by atoms with van der Waals surface area (Å²) in [6.45, 7) is 17.2. The number of hydrogen-bond donors (Lipinski definition) is 2. The molecule has 2 heteroatoms. The Morgan fingerprint density at radius 3 is 1.88 bits per heavy atom. The Morgan fingerprint density at radius 2 is 1.50 bits per heavy atom. The van der Waals surface area contributed by atoms with E-state index in [4.69, 9.17) is 0 Å². The lowest BCUT2D eigenvalue weighted by Gasteiger charge is -2.47. The molecule has 0 saturated carbocycles. The van der Waals surface area contributed by atoms with Crippen molar-refractivity contribution in [3.63, 3.8) is 0 Å². The molecule has 0 bridgehead atoms. The van der Waals surface area contributed by atoms with Gasteiger partial charge in [0.05, 0.1) is 0 Å². The zero-order chi connectivity index (χ0) is 12.6. The monoisotopic (exact) mass is 226 g/mol. The quantitative estimate of drug-likeness (QED) is 0.756. The van der Waals surface area contributed by atoms with Crippen LogP contribution in [0.1, 0.15) is 61.3 Å². The number of rotatable bonds is 2. The molecule has 1 aliphatic rings. The Hall–Kier alpha value is -0.0800. The van der Waals surface area contributed by atoms with Crippen LogP contribution in [0.5, 0.6) is 0 Å². The van der Waals surface area contributed by atoms with Crippen LogP contribution >= 0.6 is 0 Å². The zero-order valence-corrected chi connectivity index (χ0v) is 12.2. The zero-order valence-electron chi connectivity index (χ0n) is 12.2. The van der Waals surface area contributed by atoms with Crippen molar-refractivity contribution >= 4 is 0 Å². The van der Waals surface area contributed by atoms with E-state index < -0.39 is 0 Å². The van der Waals surface area contributed by atoms with Crippen LogP contribution in [0, 0.1) is 5.41 Å². The third-order valence-electron chi connectivity index (χ3n) is 3.11. The highest BCUT2D eigenvalue weighted by Crippen LogP contribution is 2.28. The summed E-state index contributed by atoms with van der Waals surface area (Å²) in [5.41, 5.74) is 0.869. The summed E-state index contributed by atoms with van der Waals surface area (Å²) in [6, 6.07) is 0.644. The molecular weight excluding hydrogens is 196 g/mol. The van der Waals surface area contributed by atoms with E-state index in [1.54, 1.807) is 0 Å². The number of piperidine rings is 1. The van der Waals surface area contributed by atoms with Gasteiger partial charge in [-0.1, -0.05) is 20.8 Å². The van der Waals surface area contributed by atoms with Crippen molar-refractivity contribution < 1.29 is 0 Å². The maximum absolute atomic E-state index is 3.73. The third kappa shape index (κ3) is 4.84. The van der Waals surface area contributed by atoms with Crippen molar-refractivity contribution in [1.82, 2.24) is 10.6 Å². The minimum Gasteiger partial charge on any atom is -0.313 e. The molecule has 0 unspecified atom stereocenters. The van der Waals surface area contributed by atoms with Crippen LogP contribution in [0.3, 0.4) is 0 Å². The SMILES string of the molecule is CC(C)(C)CNC1CC(C)(C)NC(C)(C)C1. The first-order valence-electron chi connectivity index (χ1n) is 6.52. The summed E-state index contributed by atoms with van der Waals surface area (Å²) in [7, 11) is 0. The van der Waals surface area contributed by atoms with Gasteiger partial charge in [-0.05, 0) is 46.0 Å². The highest BCUT2D eigenvalue weighted by atomic mass is 15.1. The molecule has 0 spiro atoms. The summed E-state index contributed by atoms with van der Waals surface area (Å²) in [6.07, 6.45) is 2.43. The van der Waals surface area contributed by atoms with Gasteiger partial charge in [-0.3, -0.25) is 0 Å². The molecule has 1 saturated heterocycles. The highest BCUT2D eigenvalue weighted by Gasteiger charge is 2.37. The Morgan fingerprint density at radius 1 is 1.06 bits per heavy atom. The molecule has 0 aromatic rings. The average Bonchev–Trinajstić information content (AvgIpc) is 1.93. The van der Waals surface area contributed by atoms with Gasteiger partial charge in [0.1, 0.15) is 0 Å². The van der Waals surface area contributed by atoms with Crippen LogP contribution in [-0.4, -0.2) is 23.7 Å². The molecule has 0 atom stereocenters. The van der Waals surface area contributed by atoms with Crippen LogP contribution in [0.25, 0.3) is 0 Å². The fraction of sp³-hybridized carbons (Fsp3) is 1.00. The van der Waals surface area contributed by atoms with Crippen LogP contribution in [-0.2, 0) is 0 Å². The van der Waals surface area contributed by atoms with Crippen molar-refractivity contribution in [2.24, 2.45) is 5.41 Å². The molecule has 0 radical (unpaired) electrons. The van der Waals surface area contributed by atoms with Gasteiger partial charge in [0.25, 0.3) is 0 Å². The van der Waals surface area contributed by atoms with Crippen LogP contribution in [0.15, 0.2) is 0 Å². The molecule has 0 amide bonds. The minimum absolute atomic E-state index is 0.247. The second kappa shape index (κ2) is 4.30. The van der Waals surface area contributed by atoms with Gasteiger partial charge in [-0.25, -0.2) is 0 Å². The van der Waals surface area contributed by atoms with Crippen LogP contribution < -0.4 is 10.6 Å². The normalized spacial score (nSPS) is 25.7. The first-order chi connectivity index (χ1) is 6.99. The smallest absolute Gasteiger partial charge is 0.0144 e. The minimum atomic E-state index is 0.247. The maximum atomic E-state index is 3.73. The number of hydrogen-bond acceptors (Lipinski definition) is 2. The molecular formula is C14H30N2. The van der Waals surface area contributed by atoms with E-state index in [0.717, 1.165) is 6.54 Å². The predicted octanol–water partition coefficient (Wildman–Crippen LogP) is 2.93. The molecule has 2 N–H and O–H groups in total. The molecule has 1 aliphatic heterocycles. The van der Waals surface area contributed by atoms with E-state index in [1.165, 1.54) is 12.8 Å². The maximum Gasteiger partial charge on any atom is 0.0144 e. The molecule has 1 rings (SSSR count). The van der Waals surface area contributed by atoms with E-state index in [2.05, 4.69) is 59.1 Å². The third-order valence-corrected chi connectivity index (χ3v) is 3.11. The fourth-order valence-corrected chi connectivity index (χ4v) is 2.92. The van der Waals surface area contributed by atoms with Crippen molar-refractivity contribution in [2.45, 2.75) is 78.4 Å². The highest BCUT2D eigenvalue weighted by molar-refractivity contribution is 4.99. The van der Waals surface area contributed by atoms with Gasteiger partial charge < -0.3 is 10.6 Å². The first kappa shape index (κ1) is 14.0. The molecule has 96 valence electrons. The van der Waals surface area contributed by atoms with Gasteiger partial charge in [0.15, 0.2) is 0 Å². The van der Waals surface area contributed by atoms with Gasteiger partial charge in [0.2, 0.25) is 0 Å². The van der Waals surface area contributed by atoms with Crippen molar-refractivity contribution in [3.8, 4) is 0 Å².